The first-order valence-electron chi connectivity index (χ1n) is 9.50. The third-order valence-electron chi connectivity index (χ3n) is 5.67. The second-order valence-corrected chi connectivity index (χ2v) is 6.71. The topological polar surface area (TPSA) is 0 Å². The van der Waals surface area contributed by atoms with Gasteiger partial charge in [0.05, 0.1) is 0 Å². The van der Waals surface area contributed by atoms with Crippen LogP contribution in [-0.4, -0.2) is 0 Å². The minimum Gasteiger partial charge on any atom is -0.0613 e. The molecule has 0 unspecified atom stereocenters. The minimum absolute atomic E-state index is 1.13. The molecule has 0 aliphatic heterocycles. The van der Waals surface area contributed by atoms with Crippen LogP contribution in [0.15, 0.2) is 18.2 Å². The fourth-order valence-electron chi connectivity index (χ4n) is 4.64. The highest BCUT2D eigenvalue weighted by atomic mass is 14.3. The molecule has 0 bridgehead atoms. The number of rotatable bonds is 5. The van der Waals surface area contributed by atoms with E-state index in [-0.39, 0.29) is 0 Å². The van der Waals surface area contributed by atoms with Crippen molar-refractivity contribution >= 4 is 0 Å². The van der Waals surface area contributed by atoms with E-state index in [4.69, 9.17) is 0 Å². The van der Waals surface area contributed by atoms with Crippen LogP contribution in [0.1, 0.15) is 73.6 Å². The molecule has 122 valence electrons. The standard InChI is InChI=1S/C23H30/c1-6-15-11-12-17-14-18-13-16(7-2)19(8-3)21(10-5)23(18)22(17)20(15)9-4/h11-13H,6-10,14H2,1-5H3. The molecule has 0 N–H and O–H groups in total. The first-order valence-corrected chi connectivity index (χ1v) is 9.50. The zero-order chi connectivity index (χ0) is 16.6. The molecule has 0 heterocycles. The summed E-state index contributed by atoms with van der Waals surface area (Å²) in [5.41, 5.74) is 14.3. The highest BCUT2D eigenvalue weighted by Gasteiger charge is 2.26. The van der Waals surface area contributed by atoms with E-state index in [0.717, 1.165) is 38.5 Å². The van der Waals surface area contributed by atoms with Crippen LogP contribution in [0.25, 0.3) is 11.1 Å². The van der Waals surface area contributed by atoms with E-state index in [2.05, 4.69) is 52.8 Å². The maximum absolute atomic E-state index is 2.51. The highest BCUT2D eigenvalue weighted by molar-refractivity contribution is 5.84. The predicted molar refractivity (Wildman–Crippen MR) is 102 cm³/mol. The molecule has 0 aromatic heterocycles. The van der Waals surface area contributed by atoms with E-state index in [1.165, 1.54) is 0 Å². The largest absolute Gasteiger partial charge is 0.0613 e. The number of fused-ring (bicyclic) bond motifs is 3. The number of hydrogen-bond donors (Lipinski definition) is 0. The van der Waals surface area contributed by atoms with E-state index >= 15 is 0 Å². The van der Waals surface area contributed by atoms with E-state index in [9.17, 15) is 0 Å². The normalized spacial score (nSPS) is 12.4. The van der Waals surface area contributed by atoms with Crippen molar-refractivity contribution in [2.24, 2.45) is 0 Å². The smallest absolute Gasteiger partial charge is 0.00131 e. The van der Waals surface area contributed by atoms with Crippen molar-refractivity contribution in [1.82, 2.24) is 0 Å². The van der Waals surface area contributed by atoms with Gasteiger partial charge in [0.25, 0.3) is 0 Å². The summed E-state index contributed by atoms with van der Waals surface area (Å²) in [6, 6.07) is 7.28. The van der Waals surface area contributed by atoms with Gasteiger partial charge in [0, 0.05) is 0 Å². The second-order valence-electron chi connectivity index (χ2n) is 6.71. The predicted octanol–water partition coefficient (Wildman–Crippen LogP) is 6.07. The van der Waals surface area contributed by atoms with Gasteiger partial charge < -0.3 is 0 Å². The molecule has 1 aliphatic rings. The molecule has 0 atom stereocenters. The summed E-state index contributed by atoms with van der Waals surface area (Å²) in [6.07, 6.45) is 6.88. The lowest BCUT2D eigenvalue weighted by Crippen LogP contribution is -2.03. The van der Waals surface area contributed by atoms with Crippen LogP contribution in [0.2, 0.25) is 0 Å². The van der Waals surface area contributed by atoms with Gasteiger partial charge >= 0.3 is 0 Å². The molecule has 0 fully saturated rings. The number of aryl methyl sites for hydroxylation is 2. The maximum atomic E-state index is 2.51. The Morgan fingerprint density at radius 3 is 1.78 bits per heavy atom. The molecule has 0 saturated carbocycles. The zero-order valence-electron chi connectivity index (χ0n) is 15.5. The van der Waals surface area contributed by atoms with Crippen LogP contribution in [-0.2, 0) is 38.5 Å². The zero-order valence-corrected chi connectivity index (χ0v) is 15.5. The molecule has 0 heteroatoms. The Labute approximate surface area is 141 Å². The van der Waals surface area contributed by atoms with Crippen LogP contribution in [0.4, 0.5) is 0 Å². The van der Waals surface area contributed by atoms with Gasteiger partial charge in [-0.2, -0.15) is 0 Å². The molecule has 3 rings (SSSR count). The van der Waals surface area contributed by atoms with Gasteiger partial charge in [0.2, 0.25) is 0 Å². The van der Waals surface area contributed by atoms with Gasteiger partial charge in [-0.3, -0.25) is 0 Å². The summed E-state index contributed by atoms with van der Waals surface area (Å²) >= 11 is 0. The highest BCUT2D eigenvalue weighted by Crippen LogP contribution is 2.45. The molecule has 0 radical (unpaired) electrons. The Bertz CT molecular complexity index is 734. The summed E-state index contributed by atoms with van der Waals surface area (Å²) in [5, 5.41) is 0. The molecule has 0 nitrogen and oxygen atoms in total. The quantitative estimate of drug-likeness (QED) is 0.536. The van der Waals surface area contributed by atoms with Gasteiger partial charge in [0.15, 0.2) is 0 Å². The first-order chi connectivity index (χ1) is 11.2. The molecule has 1 aliphatic carbocycles. The van der Waals surface area contributed by atoms with E-state index in [0.29, 0.717) is 0 Å². The Morgan fingerprint density at radius 2 is 1.22 bits per heavy atom. The summed E-state index contributed by atoms with van der Waals surface area (Å²) in [4.78, 5) is 0. The van der Waals surface area contributed by atoms with Crippen LogP contribution >= 0.6 is 0 Å². The second kappa shape index (κ2) is 6.51. The van der Waals surface area contributed by atoms with Crippen molar-refractivity contribution in [3.63, 3.8) is 0 Å². The summed E-state index contributed by atoms with van der Waals surface area (Å²) < 4.78 is 0. The van der Waals surface area contributed by atoms with Gasteiger partial charge in [-0.15, -0.1) is 0 Å². The lowest BCUT2D eigenvalue weighted by Gasteiger charge is -2.20. The molecular weight excluding hydrogens is 276 g/mol. The third kappa shape index (κ3) is 2.43. The number of hydrogen-bond acceptors (Lipinski definition) is 0. The van der Waals surface area contributed by atoms with Crippen LogP contribution in [0.3, 0.4) is 0 Å². The van der Waals surface area contributed by atoms with Crippen molar-refractivity contribution in [3.05, 3.63) is 57.1 Å². The Morgan fingerprint density at radius 1 is 0.609 bits per heavy atom. The van der Waals surface area contributed by atoms with Gasteiger partial charge in [0.1, 0.15) is 0 Å². The van der Waals surface area contributed by atoms with Crippen LogP contribution < -0.4 is 0 Å². The molecule has 0 spiro atoms. The van der Waals surface area contributed by atoms with E-state index in [1.807, 2.05) is 0 Å². The average molecular weight is 306 g/mol. The molecule has 2 aromatic rings. The van der Waals surface area contributed by atoms with Crippen molar-refractivity contribution in [2.45, 2.75) is 73.1 Å². The number of benzene rings is 2. The van der Waals surface area contributed by atoms with Gasteiger partial charge in [-0.1, -0.05) is 52.8 Å². The van der Waals surface area contributed by atoms with Gasteiger partial charge in [-0.25, -0.2) is 0 Å². The fourth-order valence-corrected chi connectivity index (χ4v) is 4.64. The van der Waals surface area contributed by atoms with Crippen molar-refractivity contribution in [1.29, 1.82) is 0 Å². The SMILES string of the molecule is CCc1cc2c(c(CC)c1CC)-c1c(ccc(CC)c1CC)C2. The Kier molecular flexibility index (Phi) is 4.62. The molecule has 23 heavy (non-hydrogen) atoms. The molecule has 0 saturated heterocycles. The van der Waals surface area contributed by atoms with Crippen molar-refractivity contribution < 1.29 is 0 Å². The maximum Gasteiger partial charge on any atom is -0.00131 e. The molecule has 2 aromatic carbocycles. The Hall–Kier alpha value is -1.56. The minimum atomic E-state index is 1.13. The van der Waals surface area contributed by atoms with Crippen LogP contribution in [0.5, 0.6) is 0 Å². The summed E-state index contributed by atoms with van der Waals surface area (Å²) in [6.45, 7) is 11.6. The summed E-state index contributed by atoms with van der Waals surface area (Å²) in [7, 11) is 0. The summed E-state index contributed by atoms with van der Waals surface area (Å²) in [5.74, 6) is 0. The Balaban J connectivity index is 2.36. The molecular formula is C23H30. The lowest BCUT2D eigenvalue weighted by molar-refractivity contribution is 0.976. The van der Waals surface area contributed by atoms with Crippen molar-refractivity contribution in [2.75, 3.05) is 0 Å². The first kappa shape index (κ1) is 16.3. The van der Waals surface area contributed by atoms with E-state index < -0.39 is 0 Å². The van der Waals surface area contributed by atoms with E-state index in [1.54, 1.807) is 50.1 Å². The van der Waals surface area contributed by atoms with Gasteiger partial charge in [-0.05, 0) is 88.6 Å². The average Bonchev–Trinajstić information content (AvgIpc) is 2.96. The lowest BCUT2D eigenvalue weighted by atomic mass is 9.85. The fraction of sp³-hybridized carbons (Fsp3) is 0.478. The van der Waals surface area contributed by atoms with Crippen LogP contribution in [0, 0.1) is 0 Å². The van der Waals surface area contributed by atoms with Crippen molar-refractivity contribution in [3.8, 4) is 11.1 Å². The third-order valence-corrected chi connectivity index (χ3v) is 5.67. The monoisotopic (exact) mass is 306 g/mol. The molecule has 0 amide bonds.